The van der Waals surface area contributed by atoms with E-state index in [2.05, 4.69) is 5.32 Å². The zero-order valence-corrected chi connectivity index (χ0v) is 10.4. The van der Waals surface area contributed by atoms with E-state index in [1.54, 1.807) is 6.07 Å². The number of phenols is 1. The fourth-order valence-electron chi connectivity index (χ4n) is 2.09. The van der Waals surface area contributed by atoms with Gasteiger partial charge in [0.25, 0.3) is 0 Å². The number of hydrogen-bond donors (Lipinski definition) is 2. The number of phenolic OH excluding ortho intramolecular Hbond substituents is 1. The van der Waals surface area contributed by atoms with E-state index < -0.39 is 0 Å². The van der Waals surface area contributed by atoms with Crippen molar-refractivity contribution < 1.29 is 9.84 Å². The van der Waals surface area contributed by atoms with Gasteiger partial charge in [-0.3, -0.25) is 0 Å². The Hall–Kier alpha value is -1.22. The summed E-state index contributed by atoms with van der Waals surface area (Å²) < 4.78 is 5.36. The van der Waals surface area contributed by atoms with Gasteiger partial charge >= 0.3 is 0 Å². The third-order valence-corrected chi connectivity index (χ3v) is 3.36. The van der Waals surface area contributed by atoms with E-state index in [9.17, 15) is 5.11 Å². The van der Waals surface area contributed by atoms with Gasteiger partial charge < -0.3 is 15.2 Å². The second kappa shape index (κ2) is 5.92. The topological polar surface area (TPSA) is 41.5 Å². The molecule has 0 amide bonds. The molecule has 1 aliphatic rings. The van der Waals surface area contributed by atoms with Crippen molar-refractivity contribution in [1.29, 1.82) is 0 Å². The fourth-order valence-corrected chi connectivity index (χ4v) is 2.09. The Balaban J connectivity index is 1.87. The van der Waals surface area contributed by atoms with Gasteiger partial charge in [-0.2, -0.15) is 0 Å². The molecule has 1 aromatic rings. The Morgan fingerprint density at radius 3 is 2.88 bits per heavy atom. The van der Waals surface area contributed by atoms with Gasteiger partial charge in [0, 0.05) is 12.1 Å². The quantitative estimate of drug-likeness (QED) is 0.796. The van der Waals surface area contributed by atoms with Crippen molar-refractivity contribution in [3.05, 3.63) is 23.8 Å². The minimum atomic E-state index is 0.274. The van der Waals surface area contributed by atoms with E-state index in [-0.39, 0.29) is 5.75 Å². The fraction of sp³-hybridized carbons (Fsp3) is 0.571. The largest absolute Gasteiger partial charge is 0.504 e. The zero-order chi connectivity index (χ0) is 12.1. The van der Waals surface area contributed by atoms with Gasteiger partial charge in [-0.25, -0.2) is 0 Å². The molecule has 94 valence electrons. The van der Waals surface area contributed by atoms with Gasteiger partial charge in [0.15, 0.2) is 11.5 Å². The minimum Gasteiger partial charge on any atom is -0.504 e. The van der Waals surface area contributed by atoms with E-state index in [0.29, 0.717) is 18.9 Å². The van der Waals surface area contributed by atoms with Crippen LogP contribution in [0.3, 0.4) is 0 Å². The number of nitrogens with one attached hydrogen (secondary N) is 1. The number of benzene rings is 1. The van der Waals surface area contributed by atoms with Gasteiger partial charge in [0.1, 0.15) is 0 Å². The molecule has 17 heavy (non-hydrogen) atoms. The molecule has 0 unspecified atom stereocenters. The summed E-state index contributed by atoms with van der Waals surface area (Å²) in [7, 11) is 0. The first-order valence-electron chi connectivity index (χ1n) is 6.45. The van der Waals surface area contributed by atoms with Crippen molar-refractivity contribution in [1.82, 2.24) is 5.32 Å². The summed E-state index contributed by atoms with van der Waals surface area (Å²) in [5.74, 6) is 1.69. The number of hydrogen-bond acceptors (Lipinski definition) is 3. The molecule has 1 fully saturated rings. The summed E-state index contributed by atoms with van der Waals surface area (Å²) >= 11 is 0. The molecule has 0 spiro atoms. The lowest BCUT2D eigenvalue weighted by atomic mass is 9.85. The maximum Gasteiger partial charge on any atom is 0.162 e. The van der Waals surface area contributed by atoms with E-state index in [0.717, 1.165) is 18.0 Å². The van der Waals surface area contributed by atoms with Crippen molar-refractivity contribution >= 4 is 0 Å². The molecule has 1 aromatic carbocycles. The molecular weight excluding hydrogens is 214 g/mol. The van der Waals surface area contributed by atoms with E-state index >= 15 is 0 Å². The maximum absolute atomic E-state index is 9.99. The van der Waals surface area contributed by atoms with Crippen LogP contribution in [0, 0.1) is 5.92 Å². The standard InChI is InChI=1S/C14H21NO2/c1-2-17-13-8-4-7-12(14(13)16)10-15-9-11-5-3-6-11/h4,7-8,11,15-16H,2-3,5-6,9-10H2,1H3. The molecule has 3 heteroatoms. The lowest BCUT2D eigenvalue weighted by Gasteiger charge is -2.25. The molecule has 2 rings (SSSR count). The summed E-state index contributed by atoms with van der Waals surface area (Å²) in [5, 5.41) is 13.4. The Kier molecular flexibility index (Phi) is 4.26. The second-order valence-corrected chi connectivity index (χ2v) is 4.62. The van der Waals surface area contributed by atoms with E-state index in [1.165, 1.54) is 19.3 Å². The molecule has 1 aliphatic carbocycles. The van der Waals surface area contributed by atoms with Crippen LogP contribution in [0.2, 0.25) is 0 Å². The summed E-state index contributed by atoms with van der Waals surface area (Å²) in [6.07, 6.45) is 4.06. The molecule has 3 nitrogen and oxygen atoms in total. The van der Waals surface area contributed by atoms with Gasteiger partial charge in [-0.05, 0) is 38.3 Å². The van der Waals surface area contributed by atoms with Crippen molar-refractivity contribution in [3.8, 4) is 11.5 Å². The van der Waals surface area contributed by atoms with E-state index in [1.807, 2.05) is 19.1 Å². The molecule has 0 aliphatic heterocycles. The molecule has 2 N–H and O–H groups in total. The molecular formula is C14H21NO2. The van der Waals surface area contributed by atoms with Crippen molar-refractivity contribution in [2.24, 2.45) is 5.92 Å². The maximum atomic E-state index is 9.99. The highest BCUT2D eigenvalue weighted by atomic mass is 16.5. The summed E-state index contributed by atoms with van der Waals surface area (Å²) in [6, 6.07) is 5.66. The van der Waals surface area contributed by atoms with Crippen LogP contribution in [0.1, 0.15) is 31.7 Å². The van der Waals surface area contributed by atoms with Crippen LogP contribution >= 0.6 is 0 Å². The van der Waals surface area contributed by atoms with Crippen molar-refractivity contribution in [2.45, 2.75) is 32.7 Å². The normalized spacial score (nSPS) is 15.6. The Bertz CT molecular complexity index is 361. The first-order valence-corrected chi connectivity index (χ1v) is 6.45. The van der Waals surface area contributed by atoms with Gasteiger partial charge in [-0.15, -0.1) is 0 Å². The van der Waals surface area contributed by atoms with Crippen molar-refractivity contribution in [3.63, 3.8) is 0 Å². The molecule has 0 heterocycles. The smallest absolute Gasteiger partial charge is 0.162 e. The van der Waals surface area contributed by atoms with Crippen LogP contribution in [0.5, 0.6) is 11.5 Å². The first kappa shape index (κ1) is 12.2. The number of ether oxygens (including phenoxy) is 1. The average Bonchev–Trinajstić information content (AvgIpc) is 2.27. The average molecular weight is 235 g/mol. The SMILES string of the molecule is CCOc1cccc(CNCC2CCC2)c1O. The van der Waals surface area contributed by atoms with Crippen LogP contribution < -0.4 is 10.1 Å². The first-order chi connectivity index (χ1) is 8.31. The van der Waals surface area contributed by atoms with Crippen LogP contribution in [-0.2, 0) is 6.54 Å². The number of aromatic hydroxyl groups is 1. The number of rotatable bonds is 6. The van der Waals surface area contributed by atoms with E-state index in [4.69, 9.17) is 4.74 Å². The lowest BCUT2D eigenvalue weighted by molar-refractivity contribution is 0.298. The highest BCUT2D eigenvalue weighted by molar-refractivity contribution is 5.45. The van der Waals surface area contributed by atoms with Gasteiger partial charge in [-0.1, -0.05) is 18.6 Å². The van der Waals surface area contributed by atoms with Gasteiger partial charge in [0.2, 0.25) is 0 Å². The Labute approximate surface area is 103 Å². The summed E-state index contributed by atoms with van der Waals surface area (Å²) in [6.45, 7) is 4.26. The molecule has 0 aromatic heterocycles. The summed E-state index contributed by atoms with van der Waals surface area (Å²) in [5.41, 5.74) is 0.912. The molecule has 0 atom stereocenters. The molecule has 1 saturated carbocycles. The third-order valence-electron chi connectivity index (χ3n) is 3.36. The predicted molar refractivity (Wildman–Crippen MR) is 68.3 cm³/mol. The highest BCUT2D eigenvalue weighted by Crippen LogP contribution is 2.30. The minimum absolute atomic E-state index is 0.274. The second-order valence-electron chi connectivity index (χ2n) is 4.62. The molecule has 0 radical (unpaired) electrons. The Morgan fingerprint density at radius 1 is 1.41 bits per heavy atom. The van der Waals surface area contributed by atoms with Crippen LogP contribution in [0.25, 0.3) is 0 Å². The van der Waals surface area contributed by atoms with Gasteiger partial charge in [0.05, 0.1) is 6.61 Å². The molecule has 0 saturated heterocycles. The highest BCUT2D eigenvalue weighted by Gasteiger charge is 2.16. The number of para-hydroxylation sites is 1. The lowest BCUT2D eigenvalue weighted by Crippen LogP contribution is -2.26. The van der Waals surface area contributed by atoms with Crippen molar-refractivity contribution in [2.75, 3.05) is 13.2 Å². The zero-order valence-electron chi connectivity index (χ0n) is 10.4. The predicted octanol–water partition coefficient (Wildman–Crippen LogP) is 2.68. The monoisotopic (exact) mass is 235 g/mol. The molecule has 0 bridgehead atoms. The van der Waals surface area contributed by atoms with Crippen LogP contribution in [-0.4, -0.2) is 18.3 Å². The van der Waals surface area contributed by atoms with Crippen LogP contribution in [0.4, 0.5) is 0 Å². The van der Waals surface area contributed by atoms with Crippen LogP contribution in [0.15, 0.2) is 18.2 Å². The Morgan fingerprint density at radius 2 is 2.24 bits per heavy atom. The third kappa shape index (κ3) is 3.13. The summed E-state index contributed by atoms with van der Waals surface area (Å²) in [4.78, 5) is 0.